The molecule has 10 heteroatoms. The number of imidazole rings is 1. The highest BCUT2D eigenvalue weighted by Crippen LogP contribution is 2.35. The number of carbonyl (C=O) groups is 1. The van der Waals surface area contributed by atoms with Gasteiger partial charge in [0.2, 0.25) is 0 Å². The minimum Gasteiger partial charge on any atom is -0.359 e. The molecule has 1 aliphatic rings. The van der Waals surface area contributed by atoms with Crippen LogP contribution in [-0.4, -0.2) is 59.8 Å². The smallest absolute Gasteiger partial charge is 0.254 e. The zero-order valence-corrected chi connectivity index (χ0v) is 21.9. The van der Waals surface area contributed by atoms with Crippen molar-refractivity contribution in [3.05, 3.63) is 77.0 Å². The normalized spacial score (nSPS) is 13.7. The molecule has 1 aromatic carbocycles. The van der Waals surface area contributed by atoms with Gasteiger partial charge in [-0.25, -0.2) is 14.4 Å². The number of nitrogens with one attached hydrogen (secondary N) is 2. The number of carbonyl (C=O) groups excluding carboxylic acids is 1. The number of amides is 1. The van der Waals surface area contributed by atoms with Crippen LogP contribution in [0.4, 0.5) is 15.9 Å². The van der Waals surface area contributed by atoms with Crippen molar-refractivity contribution in [1.82, 2.24) is 24.6 Å². The first kappa shape index (κ1) is 25.8. The summed E-state index contributed by atoms with van der Waals surface area (Å²) in [5, 5.41) is 6.31. The summed E-state index contributed by atoms with van der Waals surface area (Å²) in [6.45, 7) is 3.92. The molecule has 0 spiro atoms. The van der Waals surface area contributed by atoms with E-state index in [2.05, 4.69) is 33.5 Å². The van der Waals surface area contributed by atoms with Gasteiger partial charge in [-0.05, 0) is 43.4 Å². The SMILES string of the molecule is COCOCC(C)c1ccc(Nc2ccc(-c3cnc4cc(F)ccn34)c3c2C(=O)NC3)nc1CN(C)C. The maximum atomic E-state index is 13.7. The molecule has 0 bridgehead atoms. The number of hydrogen-bond donors (Lipinski definition) is 2. The molecule has 4 heterocycles. The van der Waals surface area contributed by atoms with Gasteiger partial charge in [-0.15, -0.1) is 0 Å². The Kier molecular flexibility index (Phi) is 7.37. The third kappa shape index (κ3) is 5.10. The van der Waals surface area contributed by atoms with Crippen LogP contribution in [0.1, 0.15) is 40.0 Å². The van der Waals surface area contributed by atoms with Crippen LogP contribution in [0.2, 0.25) is 0 Å². The first-order chi connectivity index (χ1) is 18.4. The molecule has 198 valence electrons. The number of benzene rings is 1. The van der Waals surface area contributed by atoms with Crippen LogP contribution in [0.3, 0.4) is 0 Å². The molecule has 9 nitrogen and oxygen atoms in total. The van der Waals surface area contributed by atoms with Crippen molar-refractivity contribution in [3.63, 3.8) is 0 Å². The molecule has 1 amide bonds. The summed E-state index contributed by atoms with van der Waals surface area (Å²) in [5.41, 5.74) is 6.30. The first-order valence-electron chi connectivity index (χ1n) is 12.4. The molecule has 0 radical (unpaired) electrons. The molecule has 1 atom stereocenters. The van der Waals surface area contributed by atoms with Gasteiger partial charge in [-0.3, -0.25) is 9.20 Å². The Morgan fingerprint density at radius 1 is 1.24 bits per heavy atom. The molecule has 38 heavy (non-hydrogen) atoms. The lowest BCUT2D eigenvalue weighted by atomic mass is 9.98. The van der Waals surface area contributed by atoms with Crippen molar-refractivity contribution in [2.75, 3.05) is 39.9 Å². The van der Waals surface area contributed by atoms with Crippen LogP contribution in [0.5, 0.6) is 0 Å². The molecular formula is C28H31FN6O3. The Balaban J connectivity index is 1.48. The van der Waals surface area contributed by atoms with Crippen LogP contribution in [0, 0.1) is 5.82 Å². The number of nitrogens with zero attached hydrogens (tertiary/aromatic N) is 4. The number of pyridine rings is 2. The highest BCUT2D eigenvalue weighted by atomic mass is 19.1. The molecule has 0 saturated heterocycles. The number of hydrogen-bond acceptors (Lipinski definition) is 7. The van der Waals surface area contributed by atoms with Gasteiger partial charge in [-0.2, -0.15) is 0 Å². The maximum Gasteiger partial charge on any atom is 0.254 e. The van der Waals surface area contributed by atoms with Gasteiger partial charge in [-0.1, -0.05) is 19.1 Å². The molecule has 0 saturated carbocycles. The second kappa shape index (κ2) is 10.9. The van der Waals surface area contributed by atoms with E-state index in [1.54, 1.807) is 19.5 Å². The molecule has 1 aliphatic heterocycles. The van der Waals surface area contributed by atoms with E-state index in [1.165, 1.54) is 12.1 Å². The highest BCUT2D eigenvalue weighted by Gasteiger charge is 2.27. The molecule has 4 aromatic rings. The van der Waals surface area contributed by atoms with E-state index in [1.807, 2.05) is 36.7 Å². The van der Waals surface area contributed by atoms with Gasteiger partial charge in [0.25, 0.3) is 5.91 Å². The first-order valence-corrected chi connectivity index (χ1v) is 12.4. The van der Waals surface area contributed by atoms with E-state index in [0.29, 0.717) is 42.4 Å². The van der Waals surface area contributed by atoms with Gasteiger partial charge >= 0.3 is 0 Å². The van der Waals surface area contributed by atoms with Crippen LogP contribution >= 0.6 is 0 Å². The topological polar surface area (TPSA) is 93.0 Å². The molecular weight excluding hydrogens is 487 g/mol. The molecule has 1 unspecified atom stereocenters. The third-order valence-corrected chi connectivity index (χ3v) is 6.55. The summed E-state index contributed by atoms with van der Waals surface area (Å²) in [4.78, 5) is 24.2. The zero-order chi connectivity index (χ0) is 26.8. The number of fused-ring (bicyclic) bond motifs is 2. The summed E-state index contributed by atoms with van der Waals surface area (Å²) in [5.74, 6) is 0.282. The number of anilines is 2. The van der Waals surface area contributed by atoms with Crippen LogP contribution in [0.15, 0.2) is 48.8 Å². The Labute approximate surface area is 220 Å². The molecule has 0 fully saturated rings. The molecule has 0 aliphatic carbocycles. The minimum atomic E-state index is -0.347. The lowest BCUT2D eigenvalue weighted by Gasteiger charge is -2.20. The van der Waals surface area contributed by atoms with Gasteiger partial charge in [0, 0.05) is 43.9 Å². The van der Waals surface area contributed by atoms with E-state index in [0.717, 1.165) is 28.1 Å². The highest BCUT2D eigenvalue weighted by molar-refractivity contribution is 6.06. The average Bonchev–Trinajstić information content (AvgIpc) is 3.48. The van der Waals surface area contributed by atoms with E-state index >= 15 is 0 Å². The van der Waals surface area contributed by atoms with Crippen molar-refractivity contribution in [2.24, 2.45) is 0 Å². The predicted octanol–water partition coefficient (Wildman–Crippen LogP) is 4.31. The van der Waals surface area contributed by atoms with Gasteiger partial charge in [0.05, 0.1) is 35.4 Å². The summed E-state index contributed by atoms with van der Waals surface area (Å²) in [6, 6.07) is 10.6. The minimum absolute atomic E-state index is 0.134. The van der Waals surface area contributed by atoms with E-state index in [-0.39, 0.29) is 24.4 Å². The number of rotatable bonds is 10. The van der Waals surface area contributed by atoms with Crippen molar-refractivity contribution < 1.29 is 18.7 Å². The van der Waals surface area contributed by atoms with Gasteiger partial charge < -0.3 is 25.0 Å². The number of aromatic nitrogens is 3. The van der Waals surface area contributed by atoms with Crippen LogP contribution in [0.25, 0.3) is 16.9 Å². The van der Waals surface area contributed by atoms with Crippen LogP contribution < -0.4 is 10.6 Å². The number of ether oxygens (including phenoxy) is 2. The monoisotopic (exact) mass is 518 g/mol. The average molecular weight is 519 g/mol. The maximum absolute atomic E-state index is 13.7. The fraction of sp³-hybridized carbons (Fsp3) is 0.321. The fourth-order valence-electron chi connectivity index (χ4n) is 4.84. The van der Waals surface area contributed by atoms with E-state index in [9.17, 15) is 9.18 Å². The largest absolute Gasteiger partial charge is 0.359 e. The summed E-state index contributed by atoms with van der Waals surface area (Å²) in [6.07, 6.45) is 3.35. The standard InChI is InChI=1S/C28H31FN6O3/c1-17(15-38-16-37-4)19-6-8-25(33-23(19)14-34(2)3)32-22-7-5-20(21-12-31-28(36)27(21)22)24-13-30-26-11-18(29)9-10-35(24)26/h5-11,13,17H,12,14-16H2,1-4H3,(H,31,36)(H,32,33). The molecule has 2 N–H and O–H groups in total. The zero-order valence-electron chi connectivity index (χ0n) is 21.9. The van der Waals surface area contributed by atoms with E-state index in [4.69, 9.17) is 14.5 Å². The summed E-state index contributed by atoms with van der Waals surface area (Å²) < 4.78 is 26.1. The Bertz CT molecular complexity index is 1490. The van der Waals surface area contributed by atoms with Crippen molar-refractivity contribution in [1.29, 1.82) is 0 Å². The van der Waals surface area contributed by atoms with Gasteiger partial charge in [0.1, 0.15) is 24.1 Å². The predicted molar refractivity (Wildman–Crippen MR) is 143 cm³/mol. The lowest BCUT2D eigenvalue weighted by Crippen LogP contribution is -2.17. The Morgan fingerprint density at radius 3 is 2.87 bits per heavy atom. The third-order valence-electron chi connectivity index (χ3n) is 6.55. The summed E-state index contributed by atoms with van der Waals surface area (Å²) >= 11 is 0. The summed E-state index contributed by atoms with van der Waals surface area (Å²) in [7, 11) is 5.61. The van der Waals surface area contributed by atoms with Crippen molar-refractivity contribution >= 4 is 23.1 Å². The van der Waals surface area contributed by atoms with Crippen molar-refractivity contribution in [3.8, 4) is 11.3 Å². The number of methoxy groups -OCH3 is 1. The second-order valence-electron chi connectivity index (χ2n) is 9.69. The number of halogens is 1. The van der Waals surface area contributed by atoms with Gasteiger partial charge in [0.15, 0.2) is 0 Å². The van der Waals surface area contributed by atoms with Crippen LogP contribution in [-0.2, 0) is 22.6 Å². The second-order valence-corrected chi connectivity index (χ2v) is 9.69. The fourth-order valence-corrected chi connectivity index (χ4v) is 4.84. The Morgan fingerprint density at radius 2 is 2.08 bits per heavy atom. The van der Waals surface area contributed by atoms with Crippen molar-refractivity contribution in [2.45, 2.75) is 25.9 Å². The molecule has 5 rings (SSSR count). The molecule has 3 aromatic heterocycles. The lowest BCUT2D eigenvalue weighted by molar-refractivity contribution is -0.0344. The van der Waals surface area contributed by atoms with E-state index < -0.39 is 0 Å². The quantitative estimate of drug-likeness (QED) is 0.239. The Hall–Kier alpha value is -3.86.